The van der Waals surface area contributed by atoms with E-state index in [2.05, 4.69) is 10.6 Å². The first-order chi connectivity index (χ1) is 12.8. The van der Waals surface area contributed by atoms with Crippen LogP contribution in [-0.4, -0.2) is 56.7 Å². The van der Waals surface area contributed by atoms with Crippen LogP contribution >= 0.6 is 0 Å². The van der Waals surface area contributed by atoms with E-state index in [1.165, 1.54) is 35.5 Å². The third-order valence-corrected chi connectivity index (χ3v) is 5.82. The molecule has 9 nitrogen and oxygen atoms in total. The highest BCUT2D eigenvalue weighted by Gasteiger charge is 2.26. The summed E-state index contributed by atoms with van der Waals surface area (Å²) in [4.78, 5) is 34.1. The molecule has 0 bridgehead atoms. The van der Waals surface area contributed by atoms with E-state index < -0.39 is 28.5 Å². The second kappa shape index (κ2) is 9.47. The number of nitrogens with zero attached hydrogens (tertiary/aromatic N) is 1. The van der Waals surface area contributed by atoms with E-state index in [4.69, 9.17) is 4.74 Å². The fraction of sp³-hybridized carbons (Fsp3) is 0.471. The van der Waals surface area contributed by atoms with Gasteiger partial charge in [-0.15, -0.1) is 0 Å². The van der Waals surface area contributed by atoms with Crippen molar-refractivity contribution in [3.8, 4) is 0 Å². The molecular weight excluding hydrogens is 374 g/mol. The zero-order valence-corrected chi connectivity index (χ0v) is 15.9. The average molecular weight is 397 g/mol. The van der Waals surface area contributed by atoms with Crippen LogP contribution in [-0.2, 0) is 29.1 Å². The Morgan fingerprint density at radius 3 is 2.33 bits per heavy atom. The Hall–Kier alpha value is -2.46. The number of carbonyl (C=O) groups excluding carboxylic acids is 3. The number of ether oxygens (including phenoxy) is 1. The fourth-order valence-corrected chi connectivity index (χ4v) is 4.06. The molecule has 1 fully saturated rings. The zero-order valence-electron chi connectivity index (χ0n) is 15.1. The van der Waals surface area contributed by atoms with E-state index in [0.717, 1.165) is 12.8 Å². The Kier molecular flexibility index (Phi) is 7.31. The van der Waals surface area contributed by atoms with Gasteiger partial charge in [0.25, 0.3) is 5.91 Å². The van der Waals surface area contributed by atoms with E-state index in [-0.39, 0.29) is 23.8 Å². The van der Waals surface area contributed by atoms with Crippen molar-refractivity contribution in [2.75, 3.05) is 31.6 Å². The van der Waals surface area contributed by atoms with Crippen molar-refractivity contribution >= 4 is 33.5 Å². The highest BCUT2D eigenvalue weighted by Crippen LogP contribution is 2.22. The van der Waals surface area contributed by atoms with Crippen molar-refractivity contribution in [1.82, 2.24) is 9.62 Å². The number of hydrogen-bond donors (Lipinski definition) is 2. The summed E-state index contributed by atoms with van der Waals surface area (Å²) in [6.45, 7) is 2.05. The molecule has 1 aromatic rings. The lowest BCUT2D eigenvalue weighted by atomic mass is 10.3. The molecule has 2 N–H and O–H groups in total. The van der Waals surface area contributed by atoms with Gasteiger partial charge in [0.05, 0.1) is 11.3 Å². The van der Waals surface area contributed by atoms with Crippen LogP contribution < -0.4 is 10.6 Å². The monoisotopic (exact) mass is 397 g/mol. The highest BCUT2D eigenvalue weighted by molar-refractivity contribution is 7.89. The third-order valence-electron chi connectivity index (χ3n) is 3.91. The van der Waals surface area contributed by atoms with E-state index in [1.54, 1.807) is 0 Å². The van der Waals surface area contributed by atoms with Gasteiger partial charge in [0.2, 0.25) is 15.9 Å². The molecule has 0 unspecified atom stereocenters. The van der Waals surface area contributed by atoms with Gasteiger partial charge >= 0.3 is 5.97 Å². The van der Waals surface area contributed by atoms with E-state index in [0.29, 0.717) is 18.8 Å². The molecule has 0 aliphatic carbocycles. The summed E-state index contributed by atoms with van der Waals surface area (Å²) in [5.74, 6) is -1.40. The Morgan fingerprint density at radius 2 is 1.74 bits per heavy atom. The lowest BCUT2D eigenvalue weighted by Gasteiger charge is -2.15. The smallest absolute Gasteiger partial charge is 0.308 e. The molecule has 10 heteroatoms. The fourth-order valence-electron chi connectivity index (χ4n) is 2.54. The summed E-state index contributed by atoms with van der Waals surface area (Å²) in [6.07, 6.45) is 1.68. The number of carbonyl (C=O) groups is 3. The van der Waals surface area contributed by atoms with Gasteiger partial charge in [-0.3, -0.25) is 14.4 Å². The molecule has 1 aliphatic heterocycles. The van der Waals surface area contributed by atoms with Crippen molar-refractivity contribution < 1.29 is 27.5 Å². The maximum Gasteiger partial charge on any atom is 0.308 e. The molecule has 0 saturated carbocycles. The average Bonchev–Trinajstić information content (AvgIpc) is 3.16. The number of rotatable bonds is 8. The first-order valence-corrected chi connectivity index (χ1v) is 10.0. The molecule has 27 heavy (non-hydrogen) atoms. The van der Waals surface area contributed by atoms with Gasteiger partial charge in [-0.05, 0) is 37.1 Å². The quantitative estimate of drug-likeness (QED) is 0.615. The van der Waals surface area contributed by atoms with Crippen molar-refractivity contribution in [1.29, 1.82) is 0 Å². The number of hydrogen-bond acceptors (Lipinski definition) is 6. The number of nitrogens with one attached hydrogen (secondary N) is 2. The number of esters is 1. The first kappa shape index (κ1) is 20.8. The zero-order chi connectivity index (χ0) is 19.9. The topological polar surface area (TPSA) is 122 Å². The first-order valence-electron chi connectivity index (χ1n) is 8.59. The minimum absolute atomic E-state index is 0.0318. The molecule has 1 heterocycles. The molecule has 1 aliphatic rings. The van der Waals surface area contributed by atoms with Crippen LogP contribution in [0.15, 0.2) is 29.2 Å². The van der Waals surface area contributed by atoms with Gasteiger partial charge in [0.15, 0.2) is 6.61 Å². The van der Waals surface area contributed by atoms with E-state index >= 15 is 0 Å². The minimum atomic E-state index is -3.50. The van der Waals surface area contributed by atoms with Crippen LogP contribution in [0.4, 0.5) is 5.69 Å². The van der Waals surface area contributed by atoms with Crippen molar-refractivity contribution in [2.24, 2.45) is 0 Å². The summed E-state index contributed by atoms with van der Waals surface area (Å²) in [6, 6.07) is 5.84. The molecule has 1 aromatic carbocycles. The van der Waals surface area contributed by atoms with Gasteiger partial charge in [0, 0.05) is 32.2 Å². The van der Waals surface area contributed by atoms with Gasteiger partial charge in [-0.1, -0.05) is 0 Å². The molecule has 0 aromatic heterocycles. The number of amides is 2. The molecule has 1 saturated heterocycles. The predicted molar refractivity (Wildman–Crippen MR) is 97.3 cm³/mol. The maximum absolute atomic E-state index is 12.4. The summed E-state index contributed by atoms with van der Waals surface area (Å²) >= 11 is 0. The van der Waals surface area contributed by atoms with Crippen LogP contribution in [0.25, 0.3) is 0 Å². The van der Waals surface area contributed by atoms with Gasteiger partial charge in [0.1, 0.15) is 0 Å². The molecule has 0 spiro atoms. The minimum Gasteiger partial charge on any atom is -0.456 e. The molecular formula is C17H23N3O6S. The van der Waals surface area contributed by atoms with Crippen LogP contribution in [0, 0.1) is 0 Å². The second-order valence-corrected chi connectivity index (χ2v) is 8.02. The predicted octanol–water partition coefficient (Wildman–Crippen LogP) is 0.479. The lowest BCUT2D eigenvalue weighted by molar-refractivity contribution is -0.147. The summed E-state index contributed by atoms with van der Waals surface area (Å²) in [7, 11) is -3.50. The van der Waals surface area contributed by atoms with Crippen LogP contribution in [0.2, 0.25) is 0 Å². The van der Waals surface area contributed by atoms with E-state index in [9.17, 15) is 22.8 Å². The van der Waals surface area contributed by atoms with Crippen LogP contribution in [0.1, 0.15) is 26.2 Å². The Labute approximate surface area is 158 Å². The van der Waals surface area contributed by atoms with Gasteiger partial charge < -0.3 is 15.4 Å². The molecule has 2 rings (SSSR count). The Morgan fingerprint density at radius 1 is 1.11 bits per heavy atom. The third kappa shape index (κ3) is 6.33. The van der Waals surface area contributed by atoms with Crippen LogP contribution in [0.3, 0.4) is 0 Å². The molecule has 148 valence electrons. The lowest BCUT2D eigenvalue weighted by Crippen LogP contribution is -2.27. The SMILES string of the molecule is CC(=O)NCCC(=O)OCC(=O)Nc1ccc(S(=O)(=O)N2CCCC2)cc1. The summed E-state index contributed by atoms with van der Waals surface area (Å²) < 4.78 is 31.1. The van der Waals surface area contributed by atoms with E-state index in [1.807, 2.05) is 0 Å². The van der Waals surface area contributed by atoms with Crippen molar-refractivity contribution in [3.63, 3.8) is 0 Å². The molecule has 2 amide bonds. The van der Waals surface area contributed by atoms with Gasteiger partial charge in [-0.2, -0.15) is 4.31 Å². The van der Waals surface area contributed by atoms with Crippen LogP contribution in [0.5, 0.6) is 0 Å². The highest BCUT2D eigenvalue weighted by atomic mass is 32.2. The van der Waals surface area contributed by atoms with Crippen molar-refractivity contribution in [2.45, 2.75) is 31.1 Å². The molecule has 0 radical (unpaired) electrons. The summed E-state index contributed by atoms with van der Waals surface area (Å²) in [5, 5.41) is 4.97. The molecule has 0 atom stereocenters. The number of anilines is 1. The normalized spacial score (nSPS) is 14.6. The standard InChI is InChI=1S/C17H23N3O6S/c1-13(21)18-9-8-17(23)26-12-16(22)19-14-4-6-15(7-5-14)27(24,25)20-10-2-3-11-20/h4-7H,2-3,8-12H2,1H3,(H,18,21)(H,19,22). The Bertz CT molecular complexity index is 785. The maximum atomic E-state index is 12.4. The number of benzene rings is 1. The van der Waals surface area contributed by atoms with Gasteiger partial charge in [-0.25, -0.2) is 8.42 Å². The second-order valence-electron chi connectivity index (χ2n) is 6.08. The Balaban J connectivity index is 1.81. The van der Waals surface area contributed by atoms with Crippen molar-refractivity contribution in [3.05, 3.63) is 24.3 Å². The summed E-state index contributed by atoms with van der Waals surface area (Å²) in [5.41, 5.74) is 0.398. The largest absolute Gasteiger partial charge is 0.456 e. The number of sulfonamides is 1.